The molecule has 0 heterocycles. The second kappa shape index (κ2) is 11.7. The minimum Gasteiger partial charge on any atom is -0.462 e. The molecule has 0 aromatic heterocycles. The van der Waals surface area contributed by atoms with E-state index in [0.717, 1.165) is 5.56 Å². The first kappa shape index (κ1) is 28.0. The van der Waals surface area contributed by atoms with E-state index in [1.807, 2.05) is 19.9 Å². The van der Waals surface area contributed by atoms with Gasteiger partial charge in [0.15, 0.2) is 0 Å². The first-order valence-corrected chi connectivity index (χ1v) is 11.9. The largest absolute Gasteiger partial charge is 0.522 e. The van der Waals surface area contributed by atoms with Crippen molar-refractivity contribution < 1.29 is 37.0 Å². The molecule has 0 bridgehead atoms. The van der Waals surface area contributed by atoms with E-state index in [4.69, 9.17) is 20.9 Å². The normalized spacial score (nSPS) is 18.5. The Bertz CT molecular complexity index is 1120. The quantitative estimate of drug-likeness (QED) is 0.208. The molecule has 1 fully saturated rings. The third-order valence-electron chi connectivity index (χ3n) is 6.20. The van der Waals surface area contributed by atoms with E-state index in [1.54, 1.807) is 42.5 Å². The van der Waals surface area contributed by atoms with Crippen LogP contribution < -0.4 is 16.2 Å². The number of hydrogen-bond donors (Lipinski definition) is 2. The molecule has 0 aliphatic heterocycles. The highest BCUT2D eigenvalue weighted by Gasteiger charge is 2.37. The summed E-state index contributed by atoms with van der Waals surface area (Å²) in [6.07, 6.45) is -1.91. The van der Waals surface area contributed by atoms with Gasteiger partial charge in [0.05, 0.1) is 12.0 Å². The number of benzene rings is 2. The van der Waals surface area contributed by atoms with E-state index in [1.165, 1.54) is 6.08 Å². The molecule has 1 saturated carbocycles. The Morgan fingerprint density at radius 1 is 1.00 bits per heavy atom. The van der Waals surface area contributed by atoms with E-state index in [9.17, 15) is 22.8 Å². The highest BCUT2D eigenvalue weighted by atomic mass is 19.4. The zero-order valence-electron chi connectivity index (χ0n) is 20.7. The maximum atomic E-state index is 12.4. The lowest BCUT2D eigenvalue weighted by Gasteiger charge is -2.27. The highest BCUT2D eigenvalue weighted by molar-refractivity contribution is 5.87. The molecule has 200 valence electrons. The highest BCUT2D eigenvalue weighted by Crippen LogP contribution is 2.32. The van der Waals surface area contributed by atoms with Crippen molar-refractivity contribution in [2.75, 3.05) is 18.1 Å². The molecule has 0 spiro atoms. The van der Waals surface area contributed by atoms with Crippen LogP contribution in [0.25, 0.3) is 6.08 Å². The molecular formula is C27H31F3N2O5. The van der Waals surface area contributed by atoms with Crippen LogP contribution in [0.15, 0.2) is 48.5 Å². The third kappa shape index (κ3) is 8.52. The van der Waals surface area contributed by atoms with Gasteiger partial charge in [-0.2, -0.15) is 0 Å². The molecule has 37 heavy (non-hydrogen) atoms. The third-order valence-corrected chi connectivity index (χ3v) is 6.20. The van der Waals surface area contributed by atoms with Gasteiger partial charge in [-0.25, -0.2) is 4.79 Å². The maximum Gasteiger partial charge on any atom is 0.522 e. The fourth-order valence-corrected chi connectivity index (χ4v) is 4.19. The van der Waals surface area contributed by atoms with Gasteiger partial charge < -0.3 is 20.9 Å². The molecule has 0 atom stereocenters. The Morgan fingerprint density at radius 3 is 2.24 bits per heavy atom. The summed E-state index contributed by atoms with van der Waals surface area (Å²) >= 11 is 0. The zero-order chi connectivity index (χ0) is 27.2. The molecule has 4 N–H and O–H groups in total. The summed E-state index contributed by atoms with van der Waals surface area (Å²) in [7, 11) is 0. The summed E-state index contributed by atoms with van der Waals surface area (Å²) in [6, 6.07) is 11.7. The fourth-order valence-electron chi connectivity index (χ4n) is 4.19. The Morgan fingerprint density at radius 2 is 1.65 bits per heavy atom. The Labute approximate surface area is 213 Å². The van der Waals surface area contributed by atoms with Crippen molar-refractivity contribution in [1.82, 2.24) is 0 Å². The number of nitrogens with two attached hydrogens (primary N) is 2. The van der Waals surface area contributed by atoms with Crippen molar-refractivity contribution in [3.05, 3.63) is 59.7 Å². The van der Waals surface area contributed by atoms with Gasteiger partial charge in [-0.15, -0.1) is 13.2 Å². The second-order valence-electron chi connectivity index (χ2n) is 9.70. The molecule has 0 amide bonds. The van der Waals surface area contributed by atoms with Crippen molar-refractivity contribution in [3.8, 4) is 5.75 Å². The van der Waals surface area contributed by atoms with Crippen LogP contribution in [-0.2, 0) is 24.5 Å². The summed E-state index contributed by atoms with van der Waals surface area (Å²) in [4.78, 5) is 24.6. The Kier molecular flexibility index (Phi) is 8.85. The van der Waals surface area contributed by atoms with Gasteiger partial charge in [0.2, 0.25) is 0 Å². The molecule has 0 radical (unpaired) electrons. The van der Waals surface area contributed by atoms with Gasteiger partial charge in [-0.05, 0) is 67.2 Å². The summed E-state index contributed by atoms with van der Waals surface area (Å²) in [5, 5.41) is 0. The number of rotatable bonds is 8. The SMILES string of the molecule is CC(C)(COC(=O)C=Cc1ccc(OC(=O)C2CCC(OC(F)(F)F)CC2)cc1)c1ccc(N)cc1N. The molecule has 0 saturated heterocycles. The van der Waals surface area contributed by atoms with Gasteiger partial charge in [-0.1, -0.05) is 32.0 Å². The number of esters is 2. The zero-order valence-corrected chi connectivity index (χ0v) is 20.7. The molecule has 1 aliphatic rings. The smallest absolute Gasteiger partial charge is 0.462 e. The number of ether oxygens (including phenoxy) is 3. The van der Waals surface area contributed by atoms with Crippen molar-refractivity contribution >= 4 is 29.4 Å². The molecule has 10 heteroatoms. The minimum atomic E-state index is -4.67. The standard InChI is InChI=1S/C27H31F3N2O5/c1-26(2,22-13-8-19(31)15-23(22)32)16-35-24(33)14-5-17-3-9-20(10-4-17)36-25(34)18-6-11-21(12-7-18)37-27(28,29)30/h3-5,8-10,13-15,18,21H,6-7,11-12,16,31-32H2,1-2H3. The van der Waals surface area contributed by atoms with Gasteiger partial charge in [0.25, 0.3) is 0 Å². The predicted molar refractivity (Wildman–Crippen MR) is 133 cm³/mol. The summed E-state index contributed by atoms with van der Waals surface area (Å²) in [6.45, 7) is 3.94. The van der Waals surface area contributed by atoms with Crippen LogP contribution in [0, 0.1) is 5.92 Å². The van der Waals surface area contributed by atoms with Gasteiger partial charge in [0.1, 0.15) is 12.4 Å². The molecule has 1 aliphatic carbocycles. The van der Waals surface area contributed by atoms with Gasteiger partial charge in [-0.3, -0.25) is 9.53 Å². The molecule has 0 unspecified atom stereocenters. The van der Waals surface area contributed by atoms with E-state index < -0.39 is 35.7 Å². The van der Waals surface area contributed by atoms with Crippen molar-refractivity contribution in [2.24, 2.45) is 5.92 Å². The lowest BCUT2D eigenvalue weighted by molar-refractivity contribution is -0.345. The van der Waals surface area contributed by atoms with E-state index in [2.05, 4.69) is 4.74 Å². The van der Waals surface area contributed by atoms with Crippen molar-refractivity contribution in [1.29, 1.82) is 0 Å². The van der Waals surface area contributed by atoms with Crippen LogP contribution in [-0.4, -0.2) is 31.0 Å². The molecular weight excluding hydrogens is 489 g/mol. The summed E-state index contributed by atoms with van der Waals surface area (Å²) < 4.78 is 51.8. The average Bonchev–Trinajstić information content (AvgIpc) is 2.81. The average molecular weight is 521 g/mol. The number of halogens is 3. The van der Waals surface area contributed by atoms with Crippen molar-refractivity contribution in [3.63, 3.8) is 0 Å². The lowest BCUT2D eigenvalue weighted by atomic mass is 9.84. The van der Waals surface area contributed by atoms with Crippen LogP contribution in [0.3, 0.4) is 0 Å². The van der Waals surface area contributed by atoms with E-state index in [-0.39, 0.29) is 32.3 Å². The monoisotopic (exact) mass is 520 g/mol. The maximum absolute atomic E-state index is 12.4. The second-order valence-corrected chi connectivity index (χ2v) is 9.70. The number of hydrogen-bond acceptors (Lipinski definition) is 7. The predicted octanol–water partition coefficient (Wildman–Crippen LogP) is 5.39. The topological polar surface area (TPSA) is 114 Å². The van der Waals surface area contributed by atoms with Gasteiger partial charge >= 0.3 is 18.3 Å². The molecule has 3 rings (SSSR count). The van der Waals surface area contributed by atoms with E-state index >= 15 is 0 Å². The van der Waals surface area contributed by atoms with Crippen LogP contribution in [0.1, 0.15) is 50.7 Å². The first-order chi connectivity index (χ1) is 17.3. The minimum absolute atomic E-state index is 0.115. The molecule has 7 nitrogen and oxygen atoms in total. The lowest BCUT2D eigenvalue weighted by Crippen LogP contribution is -2.32. The Balaban J connectivity index is 1.46. The number of nitrogen functional groups attached to an aromatic ring is 2. The van der Waals surface area contributed by atoms with Crippen LogP contribution >= 0.6 is 0 Å². The summed E-state index contributed by atoms with van der Waals surface area (Å²) in [5.41, 5.74) is 13.9. The fraction of sp³-hybridized carbons (Fsp3) is 0.407. The summed E-state index contributed by atoms with van der Waals surface area (Å²) in [5.74, 6) is -1.18. The Hall–Kier alpha value is -3.53. The van der Waals surface area contributed by atoms with Crippen LogP contribution in [0.5, 0.6) is 5.75 Å². The molecule has 2 aromatic carbocycles. The number of anilines is 2. The number of carbonyl (C=O) groups is 2. The van der Waals surface area contributed by atoms with Crippen LogP contribution in [0.2, 0.25) is 0 Å². The van der Waals surface area contributed by atoms with Crippen LogP contribution in [0.4, 0.5) is 24.5 Å². The molecule has 2 aromatic rings. The van der Waals surface area contributed by atoms with Crippen molar-refractivity contribution in [2.45, 2.75) is 57.4 Å². The number of alkyl halides is 3. The van der Waals surface area contributed by atoms with Gasteiger partial charge in [0, 0.05) is 22.9 Å². The number of carbonyl (C=O) groups excluding carboxylic acids is 2. The van der Waals surface area contributed by atoms with E-state index in [0.29, 0.717) is 22.7 Å². The first-order valence-electron chi connectivity index (χ1n) is 11.9.